The quantitative estimate of drug-likeness (QED) is 0.773. The monoisotopic (exact) mass is 337 g/mol. The lowest BCUT2D eigenvalue weighted by Gasteiger charge is -2.04. The highest BCUT2D eigenvalue weighted by Crippen LogP contribution is 2.29. The number of halogens is 1. The molecule has 2 heterocycles. The maximum Gasteiger partial charge on any atom is 0.291 e. The molecule has 0 saturated heterocycles. The van der Waals surface area contributed by atoms with Gasteiger partial charge in [-0.3, -0.25) is 4.79 Å². The Morgan fingerprint density at radius 2 is 2.05 bits per heavy atom. The van der Waals surface area contributed by atoms with E-state index in [0.717, 1.165) is 9.24 Å². The molecule has 5 nitrogen and oxygen atoms in total. The number of carbonyl (C=O) groups excluding carboxylic acids is 1. The lowest BCUT2D eigenvalue weighted by molar-refractivity contribution is 0.0997. The van der Waals surface area contributed by atoms with Crippen LogP contribution in [0.25, 0.3) is 0 Å². The average molecular weight is 338 g/mol. The highest BCUT2D eigenvalue weighted by Gasteiger charge is 2.10. The minimum atomic E-state index is -0.341. The number of nitrogens with one attached hydrogen (secondary N) is 1. The SMILES string of the molecule is O=C(Nc1ccc(Sc2nncs2)cc1)c1ccc(Cl)o1. The van der Waals surface area contributed by atoms with Crippen molar-refractivity contribution in [2.75, 3.05) is 5.32 Å². The first-order valence-corrected chi connectivity index (χ1v) is 7.89. The van der Waals surface area contributed by atoms with Gasteiger partial charge in [-0.1, -0.05) is 23.1 Å². The normalized spacial score (nSPS) is 10.5. The standard InChI is InChI=1S/C13H8ClN3O2S2/c14-11-6-5-10(19-11)12(18)16-8-1-3-9(4-2-8)21-13-17-15-7-20-13/h1-7H,(H,16,18). The number of aromatic nitrogens is 2. The Bertz CT molecular complexity index is 741. The Labute approximate surface area is 133 Å². The van der Waals surface area contributed by atoms with E-state index >= 15 is 0 Å². The largest absolute Gasteiger partial charge is 0.440 e. The van der Waals surface area contributed by atoms with E-state index in [0.29, 0.717) is 5.69 Å². The van der Waals surface area contributed by atoms with Crippen LogP contribution in [-0.4, -0.2) is 16.1 Å². The molecule has 0 radical (unpaired) electrons. The number of anilines is 1. The summed E-state index contributed by atoms with van der Waals surface area (Å²) in [6.07, 6.45) is 0. The van der Waals surface area contributed by atoms with Crippen molar-refractivity contribution in [3.05, 3.63) is 52.9 Å². The molecule has 3 rings (SSSR count). The van der Waals surface area contributed by atoms with Gasteiger partial charge in [0.2, 0.25) is 0 Å². The molecule has 0 spiro atoms. The molecule has 1 aromatic carbocycles. The second-order valence-corrected chi connectivity index (χ2v) is 6.42. The zero-order valence-electron chi connectivity index (χ0n) is 10.4. The number of rotatable bonds is 4. The number of hydrogen-bond acceptors (Lipinski definition) is 6. The molecule has 0 aliphatic rings. The fraction of sp³-hybridized carbons (Fsp3) is 0. The van der Waals surface area contributed by atoms with Gasteiger partial charge >= 0.3 is 0 Å². The molecule has 0 fully saturated rings. The van der Waals surface area contributed by atoms with Crippen LogP contribution < -0.4 is 5.32 Å². The molecule has 106 valence electrons. The van der Waals surface area contributed by atoms with Crippen molar-refractivity contribution < 1.29 is 9.21 Å². The minimum Gasteiger partial charge on any atom is -0.440 e. The third-order valence-corrected chi connectivity index (χ3v) is 4.44. The van der Waals surface area contributed by atoms with E-state index < -0.39 is 0 Å². The maximum atomic E-state index is 11.9. The molecule has 0 bridgehead atoms. The number of benzene rings is 1. The molecule has 0 saturated carbocycles. The van der Waals surface area contributed by atoms with Gasteiger partial charge < -0.3 is 9.73 Å². The van der Waals surface area contributed by atoms with Crippen molar-refractivity contribution in [3.63, 3.8) is 0 Å². The third kappa shape index (κ3) is 3.63. The van der Waals surface area contributed by atoms with Crippen molar-refractivity contribution in [2.45, 2.75) is 9.24 Å². The Balaban J connectivity index is 1.65. The number of carbonyl (C=O) groups is 1. The maximum absolute atomic E-state index is 11.9. The van der Waals surface area contributed by atoms with E-state index in [1.54, 1.807) is 5.51 Å². The Kier molecular flexibility index (Phi) is 4.23. The summed E-state index contributed by atoms with van der Waals surface area (Å²) in [5.74, 6) is -0.168. The van der Waals surface area contributed by atoms with Crippen molar-refractivity contribution in [3.8, 4) is 0 Å². The fourth-order valence-corrected chi connectivity index (χ4v) is 3.14. The molecule has 21 heavy (non-hydrogen) atoms. The van der Waals surface area contributed by atoms with Crippen LogP contribution in [-0.2, 0) is 0 Å². The van der Waals surface area contributed by atoms with Crippen LogP contribution in [0.5, 0.6) is 0 Å². The van der Waals surface area contributed by atoms with E-state index in [2.05, 4.69) is 15.5 Å². The summed E-state index contributed by atoms with van der Waals surface area (Å²) in [6.45, 7) is 0. The van der Waals surface area contributed by atoms with Gasteiger partial charge in [0.15, 0.2) is 15.3 Å². The highest BCUT2D eigenvalue weighted by molar-refractivity contribution is 8.01. The molecule has 0 aliphatic heterocycles. The predicted octanol–water partition coefficient (Wildman–Crippen LogP) is 4.19. The van der Waals surface area contributed by atoms with E-state index in [1.165, 1.54) is 35.2 Å². The zero-order valence-corrected chi connectivity index (χ0v) is 12.8. The van der Waals surface area contributed by atoms with Gasteiger partial charge in [0, 0.05) is 10.6 Å². The van der Waals surface area contributed by atoms with Crippen LogP contribution in [0, 0.1) is 0 Å². The molecule has 0 aliphatic carbocycles. The third-order valence-electron chi connectivity index (χ3n) is 2.45. The topological polar surface area (TPSA) is 68.0 Å². The summed E-state index contributed by atoms with van der Waals surface area (Å²) in [7, 11) is 0. The van der Waals surface area contributed by atoms with Gasteiger partial charge in [0.05, 0.1) is 0 Å². The van der Waals surface area contributed by atoms with Crippen molar-refractivity contribution in [1.29, 1.82) is 0 Å². The Morgan fingerprint density at radius 3 is 2.67 bits per heavy atom. The summed E-state index contributed by atoms with van der Waals surface area (Å²) >= 11 is 8.63. The van der Waals surface area contributed by atoms with Crippen molar-refractivity contribution in [2.24, 2.45) is 0 Å². The van der Waals surface area contributed by atoms with Crippen LogP contribution in [0.1, 0.15) is 10.6 Å². The molecule has 0 unspecified atom stereocenters. The van der Waals surface area contributed by atoms with E-state index in [4.69, 9.17) is 16.0 Å². The van der Waals surface area contributed by atoms with Gasteiger partial charge in [-0.25, -0.2) is 0 Å². The lowest BCUT2D eigenvalue weighted by atomic mass is 10.3. The molecule has 1 amide bonds. The first kappa shape index (κ1) is 14.1. The summed E-state index contributed by atoms with van der Waals surface area (Å²) < 4.78 is 5.92. The summed E-state index contributed by atoms with van der Waals surface area (Å²) in [5.41, 5.74) is 2.36. The molecule has 3 aromatic rings. The smallest absolute Gasteiger partial charge is 0.291 e. The molecule has 1 N–H and O–H groups in total. The van der Waals surface area contributed by atoms with Gasteiger partial charge in [-0.05, 0) is 48.0 Å². The summed E-state index contributed by atoms with van der Waals surface area (Å²) in [4.78, 5) is 12.9. The van der Waals surface area contributed by atoms with Crippen LogP contribution in [0.3, 0.4) is 0 Å². The van der Waals surface area contributed by atoms with Gasteiger partial charge in [-0.15, -0.1) is 10.2 Å². The average Bonchev–Trinajstić information content (AvgIpc) is 3.12. The number of nitrogens with zero attached hydrogens (tertiary/aromatic N) is 2. The minimum absolute atomic E-state index is 0.173. The van der Waals surface area contributed by atoms with Crippen LogP contribution in [0.15, 0.2) is 55.6 Å². The predicted molar refractivity (Wildman–Crippen MR) is 82.1 cm³/mol. The summed E-state index contributed by atoms with van der Waals surface area (Å²) in [6, 6.07) is 10.5. The van der Waals surface area contributed by atoms with Crippen molar-refractivity contribution in [1.82, 2.24) is 10.2 Å². The Hall–Kier alpha value is -1.83. The molecular formula is C13H8ClN3O2S2. The van der Waals surface area contributed by atoms with Crippen molar-refractivity contribution >= 4 is 46.3 Å². The van der Waals surface area contributed by atoms with Gasteiger partial charge in [-0.2, -0.15) is 0 Å². The number of amides is 1. The van der Waals surface area contributed by atoms with Gasteiger partial charge in [0.25, 0.3) is 5.91 Å². The number of furan rings is 1. The van der Waals surface area contributed by atoms with Crippen LogP contribution in [0.4, 0.5) is 5.69 Å². The Morgan fingerprint density at radius 1 is 1.24 bits per heavy atom. The molecule has 0 atom stereocenters. The molecular weight excluding hydrogens is 330 g/mol. The first-order valence-electron chi connectivity index (χ1n) is 5.81. The fourth-order valence-electron chi connectivity index (χ4n) is 1.54. The first-order chi connectivity index (χ1) is 10.2. The second-order valence-electron chi connectivity index (χ2n) is 3.89. The van der Waals surface area contributed by atoms with E-state index in [-0.39, 0.29) is 16.9 Å². The molecule has 2 aromatic heterocycles. The number of hydrogen-bond donors (Lipinski definition) is 1. The lowest BCUT2D eigenvalue weighted by Crippen LogP contribution is -2.10. The highest BCUT2D eigenvalue weighted by atomic mass is 35.5. The zero-order chi connectivity index (χ0) is 14.7. The van der Waals surface area contributed by atoms with E-state index in [1.807, 2.05) is 24.3 Å². The van der Waals surface area contributed by atoms with Crippen LogP contribution >= 0.6 is 34.7 Å². The van der Waals surface area contributed by atoms with Crippen LogP contribution in [0.2, 0.25) is 5.22 Å². The van der Waals surface area contributed by atoms with Gasteiger partial charge in [0.1, 0.15) is 5.51 Å². The second kappa shape index (κ2) is 6.30. The van der Waals surface area contributed by atoms with E-state index in [9.17, 15) is 4.79 Å². The molecule has 8 heteroatoms. The summed E-state index contributed by atoms with van der Waals surface area (Å²) in [5, 5.41) is 10.7.